The fourth-order valence-electron chi connectivity index (χ4n) is 2.86. The zero-order chi connectivity index (χ0) is 17.1. The van der Waals surface area contributed by atoms with E-state index in [2.05, 4.69) is 10.4 Å². The molecule has 4 nitrogen and oxygen atoms in total. The molecule has 1 aliphatic rings. The summed E-state index contributed by atoms with van der Waals surface area (Å²) in [5, 5.41) is 7.58. The quantitative estimate of drug-likeness (QED) is 0.613. The van der Waals surface area contributed by atoms with E-state index in [4.69, 9.17) is 12.2 Å². The summed E-state index contributed by atoms with van der Waals surface area (Å²) < 4.78 is 3.33. The average molecular weight is 380 g/mol. The molecular weight excluding hydrogens is 358 g/mol. The number of aryl methyl sites for hydroxylation is 1. The number of benzene rings is 1. The maximum atomic E-state index is 12.3. The maximum Gasteiger partial charge on any atom is 0.233 e. The van der Waals surface area contributed by atoms with E-state index >= 15 is 0 Å². The highest BCUT2D eigenvalue weighted by Gasteiger charge is 2.22. The van der Waals surface area contributed by atoms with Crippen LogP contribution in [0.5, 0.6) is 0 Å². The van der Waals surface area contributed by atoms with Crippen LogP contribution in [0, 0.1) is 10.9 Å². The van der Waals surface area contributed by atoms with E-state index in [1.807, 2.05) is 38.1 Å². The number of thioether (sulfide) groups is 1. The van der Waals surface area contributed by atoms with Gasteiger partial charge in [-0.1, -0.05) is 54.1 Å². The van der Waals surface area contributed by atoms with Gasteiger partial charge in [-0.3, -0.25) is 4.79 Å². The monoisotopic (exact) mass is 379 g/mol. The van der Waals surface area contributed by atoms with Crippen molar-refractivity contribution in [1.82, 2.24) is 15.1 Å². The van der Waals surface area contributed by atoms with Crippen LogP contribution in [0.2, 0.25) is 0 Å². The minimum Gasteiger partial charge on any atom is -0.352 e. The molecule has 1 aliphatic carbocycles. The first-order valence-electron chi connectivity index (χ1n) is 8.18. The molecule has 1 saturated carbocycles. The molecule has 1 aromatic heterocycles. The lowest BCUT2D eigenvalue weighted by Gasteiger charge is -2.15. The highest BCUT2D eigenvalue weighted by molar-refractivity contribution is 8.02. The second-order valence-corrected chi connectivity index (χ2v) is 9.29. The van der Waals surface area contributed by atoms with Crippen LogP contribution in [-0.4, -0.2) is 27.0 Å². The molecule has 1 aromatic carbocycles. The number of hydrogen-bond donors (Lipinski definition) is 1. The van der Waals surface area contributed by atoms with Crippen molar-refractivity contribution in [1.29, 1.82) is 0 Å². The summed E-state index contributed by atoms with van der Waals surface area (Å²) in [6, 6.07) is 8.38. The Labute approximate surface area is 155 Å². The Morgan fingerprint density at radius 3 is 2.83 bits per heavy atom. The molecule has 1 atom stereocenters. The Balaban J connectivity index is 1.69. The van der Waals surface area contributed by atoms with E-state index in [0.29, 0.717) is 10.00 Å². The SMILES string of the molecule is Cc1ccccc1-n1nc(S[C@H](C)C(=O)NC2CCCC2)sc1=S. The zero-order valence-corrected chi connectivity index (χ0v) is 16.3. The van der Waals surface area contributed by atoms with Crippen molar-refractivity contribution in [2.75, 3.05) is 0 Å². The molecule has 24 heavy (non-hydrogen) atoms. The van der Waals surface area contributed by atoms with Crippen molar-refractivity contribution in [3.8, 4) is 5.69 Å². The number of aromatic nitrogens is 2. The smallest absolute Gasteiger partial charge is 0.233 e. The molecule has 0 radical (unpaired) electrons. The summed E-state index contributed by atoms with van der Waals surface area (Å²) in [4.78, 5) is 12.3. The molecule has 0 spiro atoms. The number of rotatable bonds is 5. The predicted molar refractivity (Wildman–Crippen MR) is 103 cm³/mol. The van der Waals surface area contributed by atoms with Gasteiger partial charge in [0.05, 0.1) is 10.9 Å². The molecule has 0 aliphatic heterocycles. The minimum absolute atomic E-state index is 0.0930. The van der Waals surface area contributed by atoms with Gasteiger partial charge in [-0.2, -0.15) is 0 Å². The Kier molecular flexibility index (Phi) is 5.73. The third-order valence-electron chi connectivity index (χ3n) is 4.22. The molecule has 1 amide bonds. The molecule has 1 heterocycles. The Morgan fingerprint density at radius 1 is 1.42 bits per heavy atom. The molecule has 7 heteroatoms. The maximum absolute atomic E-state index is 12.3. The lowest BCUT2D eigenvalue weighted by Crippen LogP contribution is -2.37. The van der Waals surface area contributed by atoms with E-state index < -0.39 is 0 Å². The first kappa shape index (κ1) is 17.6. The van der Waals surface area contributed by atoms with E-state index in [9.17, 15) is 4.79 Å². The molecule has 2 aromatic rings. The summed E-state index contributed by atoms with van der Waals surface area (Å²) in [7, 11) is 0. The number of carbonyl (C=O) groups is 1. The van der Waals surface area contributed by atoms with Gasteiger partial charge in [-0.25, -0.2) is 4.68 Å². The van der Waals surface area contributed by atoms with Crippen molar-refractivity contribution in [2.45, 2.75) is 55.2 Å². The lowest BCUT2D eigenvalue weighted by atomic mass is 10.2. The first-order chi connectivity index (χ1) is 11.5. The number of nitrogens with zero attached hydrogens (tertiary/aromatic N) is 2. The normalized spacial score (nSPS) is 16.2. The van der Waals surface area contributed by atoms with Gasteiger partial charge in [-0.05, 0) is 50.5 Å². The molecule has 1 N–H and O–H groups in total. The van der Waals surface area contributed by atoms with Gasteiger partial charge in [0.15, 0.2) is 8.29 Å². The molecule has 0 bridgehead atoms. The topological polar surface area (TPSA) is 46.9 Å². The van der Waals surface area contributed by atoms with Crippen LogP contribution < -0.4 is 5.32 Å². The second-order valence-electron chi connectivity index (χ2n) is 6.08. The number of amides is 1. The van der Waals surface area contributed by atoms with Crippen LogP contribution in [0.25, 0.3) is 5.69 Å². The van der Waals surface area contributed by atoms with Crippen molar-refractivity contribution >= 4 is 41.2 Å². The van der Waals surface area contributed by atoms with Crippen molar-refractivity contribution in [2.24, 2.45) is 0 Å². The number of para-hydroxylation sites is 1. The van der Waals surface area contributed by atoms with Gasteiger partial charge in [0.2, 0.25) is 5.91 Å². The molecule has 0 unspecified atom stereocenters. The highest BCUT2D eigenvalue weighted by atomic mass is 32.2. The van der Waals surface area contributed by atoms with E-state index in [0.717, 1.165) is 28.4 Å². The van der Waals surface area contributed by atoms with Gasteiger partial charge in [0.25, 0.3) is 0 Å². The van der Waals surface area contributed by atoms with Crippen LogP contribution in [0.4, 0.5) is 0 Å². The number of hydrogen-bond acceptors (Lipinski definition) is 5. The van der Waals surface area contributed by atoms with Crippen LogP contribution in [-0.2, 0) is 4.79 Å². The fraction of sp³-hybridized carbons (Fsp3) is 0.471. The number of carbonyl (C=O) groups excluding carboxylic acids is 1. The van der Waals surface area contributed by atoms with Gasteiger partial charge in [-0.15, -0.1) is 5.10 Å². The molecule has 3 rings (SSSR count). The van der Waals surface area contributed by atoms with E-state index in [1.165, 1.54) is 35.9 Å². The first-order valence-corrected chi connectivity index (χ1v) is 10.3. The standard InChI is InChI=1S/C17H21N3OS3/c1-11-7-3-6-10-14(11)20-17(22)24-16(19-20)23-12(2)15(21)18-13-8-4-5-9-13/h3,6-7,10,12-13H,4-5,8-9H2,1-2H3,(H,18,21)/t12-/m1/s1. The van der Waals surface area contributed by atoms with Gasteiger partial charge in [0, 0.05) is 6.04 Å². The summed E-state index contributed by atoms with van der Waals surface area (Å²) >= 11 is 8.39. The second kappa shape index (κ2) is 7.80. The van der Waals surface area contributed by atoms with Crippen LogP contribution in [0.1, 0.15) is 38.2 Å². The third kappa shape index (κ3) is 4.07. The van der Waals surface area contributed by atoms with Crippen LogP contribution in [0.15, 0.2) is 28.6 Å². The van der Waals surface area contributed by atoms with E-state index in [-0.39, 0.29) is 11.2 Å². The fourth-order valence-corrected chi connectivity index (χ4v) is 5.36. The molecule has 0 saturated heterocycles. The zero-order valence-electron chi connectivity index (χ0n) is 13.8. The number of nitrogens with one attached hydrogen (secondary N) is 1. The largest absolute Gasteiger partial charge is 0.352 e. The Bertz CT molecular complexity index is 777. The van der Waals surface area contributed by atoms with Crippen LogP contribution in [0.3, 0.4) is 0 Å². The minimum atomic E-state index is -0.170. The Hall–Kier alpha value is -1.18. The van der Waals surface area contributed by atoms with Gasteiger partial charge >= 0.3 is 0 Å². The van der Waals surface area contributed by atoms with Crippen molar-refractivity contribution in [3.05, 3.63) is 33.8 Å². The summed E-state index contributed by atoms with van der Waals surface area (Å²) in [6.07, 6.45) is 4.64. The van der Waals surface area contributed by atoms with Crippen molar-refractivity contribution in [3.63, 3.8) is 0 Å². The summed E-state index contributed by atoms with van der Waals surface area (Å²) in [6.45, 7) is 3.97. The van der Waals surface area contributed by atoms with Crippen molar-refractivity contribution < 1.29 is 4.79 Å². The predicted octanol–water partition coefficient (Wildman–Crippen LogP) is 4.51. The lowest BCUT2D eigenvalue weighted by molar-refractivity contribution is -0.120. The van der Waals surface area contributed by atoms with Gasteiger partial charge in [0.1, 0.15) is 0 Å². The summed E-state index contributed by atoms with van der Waals surface area (Å²) in [5.74, 6) is 0.0930. The van der Waals surface area contributed by atoms with Gasteiger partial charge < -0.3 is 5.32 Å². The summed E-state index contributed by atoms with van der Waals surface area (Å²) in [5.41, 5.74) is 2.12. The molecule has 1 fully saturated rings. The average Bonchev–Trinajstić information content (AvgIpc) is 3.17. The highest BCUT2D eigenvalue weighted by Crippen LogP contribution is 2.29. The molecular formula is C17H21N3OS3. The van der Waals surface area contributed by atoms with E-state index in [1.54, 1.807) is 4.68 Å². The van der Waals surface area contributed by atoms with Crippen LogP contribution >= 0.6 is 35.3 Å². The Morgan fingerprint density at radius 2 is 2.12 bits per heavy atom. The third-order valence-corrected chi connectivity index (χ3v) is 6.64. The molecule has 128 valence electrons.